The predicted molar refractivity (Wildman–Crippen MR) is 117 cm³/mol. The van der Waals surface area contributed by atoms with Crippen molar-refractivity contribution in [1.29, 1.82) is 0 Å². The SMILES string of the molecule is CC(Sc1ccc(S(=O)(=O)N2CCCC2)cn1)C(=O)Nc1ccccc1C(C)C. The molecule has 1 aromatic heterocycles. The molecule has 1 N–H and O–H groups in total. The summed E-state index contributed by atoms with van der Waals surface area (Å²) in [6.45, 7) is 7.12. The zero-order valence-electron chi connectivity index (χ0n) is 17.0. The summed E-state index contributed by atoms with van der Waals surface area (Å²) in [5.41, 5.74) is 1.91. The molecule has 2 aromatic rings. The Balaban J connectivity index is 1.65. The van der Waals surface area contributed by atoms with Gasteiger partial charge in [-0.25, -0.2) is 13.4 Å². The van der Waals surface area contributed by atoms with Crippen molar-refractivity contribution in [2.75, 3.05) is 18.4 Å². The lowest BCUT2D eigenvalue weighted by Crippen LogP contribution is -2.28. The Morgan fingerprint density at radius 1 is 1.10 bits per heavy atom. The maximum Gasteiger partial charge on any atom is 0.244 e. The Morgan fingerprint density at radius 2 is 1.79 bits per heavy atom. The third kappa shape index (κ3) is 5.18. The summed E-state index contributed by atoms with van der Waals surface area (Å²) in [5.74, 6) is 0.194. The first-order valence-electron chi connectivity index (χ1n) is 9.81. The number of para-hydroxylation sites is 1. The van der Waals surface area contributed by atoms with Gasteiger partial charge in [-0.3, -0.25) is 4.79 Å². The molecule has 0 saturated carbocycles. The number of carbonyl (C=O) groups is 1. The van der Waals surface area contributed by atoms with Crippen molar-refractivity contribution >= 4 is 33.4 Å². The lowest BCUT2D eigenvalue weighted by atomic mass is 10.0. The van der Waals surface area contributed by atoms with Crippen LogP contribution in [0.1, 0.15) is 45.1 Å². The minimum Gasteiger partial charge on any atom is -0.325 e. The zero-order valence-corrected chi connectivity index (χ0v) is 18.6. The van der Waals surface area contributed by atoms with Crippen molar-refractivity contribution in [3.05, 3.63) is 48.2 Å². The number of amides is 1. The van der Waals surface area contributed by atoms with Crippen LogP contribution in [0.3, 0.4) is 0 Å². The van der Waals surface area contributed by atoms with Gasteiger partial charge in [-0.1, -0.05) is 43.8 Å². The molecule has 1 amide bonds. The van der Waals surface area contributed by atoms with Gasteiger partial charge in [-0.05, 0) is 49.4 Å². The molecule has 1 saturated heterocycles. The number of thioether (sulfide) groups is 1. The lowest BCUT2D eigenvalue weighted by Gasteiger charge is -2.17. The highest BCUT2D eigenvalue weighted by atomic mass is 32.2. The number of hydrogen-bond donors (Lipinski definition) is 1. The smallest absolute Gasteiger partial charge is 0.244 e. The van der Waals surface area contributed by atoms with E-state index in [0.29, 0.717) is 24.0 Å². The summed E-state index contributed by atoms with van der Waals surface area (Å²) in [7, 11) is -3.47. The third-order valence-electron chi connectivity index (χ3n) is 4.92. The van der Waals surface area contributed by atoms with Crippen molar-refractivity contribution in [3.8, 4) is 0 Å². The molecular weight excluding hydrogens is 406 g/mol. The Labute approximate surface area is 177 Å². The van der Waals surface area contributed by atoms with Gasteiger partial charge in [-0.15, -0.1) is 0 Å². The molecule has 1 unspecified atom stereocenters. The molecule has 1 aromatic carbocycles. The first-order valence-corrected chi connectivity index (χ1v) is 12.1. The van der Waals surface area contributed by atoms with Crippen LogP contribution < -0.4 is 5.32 Å². The molecule has 1 aliphatic rings. The van der Waals surface area contributed by atoms with Crippen molar-refractivity contribution in [3.63, 3.8) is 0 Å². The maximum atomic E-state index is 12.6. The van der Waals surface area contributed by atoms with E-state index in [-0.39, 0.29) is 16.1 Å². The zero-order chi connectivity index (χ0) is 21.0. The number of pyridine rings is 1. The van der Waals surface area contributed by atoms with Crippen LogP contribution in [0.4, 0.5) is 5.69 Å². The quantitative estimate of drug-likeness (QED) is 0.665. The van der Waals surface area contributed by atoms with Gasteiger partial charge >= 0.3 is 0 Å². The number of carbonyl (C=O) groups excluding carboxylic acids is 1. The van der Waals surface area contributed by atoms with Gasteiger partial charge in [0.15, 0.2) is 0 Å². The van der Waals surface area contributed by atoms with E-state index in [9.17, 15) is 13.2 Å². The maximum absolute atomic E-state index is 12.6. The standard InChI is InChI=1S/C21H27N3O3S2/c1-15(2)18-8-4-5-9-19(18)23-21(25)16(3)28-20-11-10-17(14-22-20)29(26,27)24-12-6-7-13-24/h4-5,8-11,14-16H,6-7,12-13H2,1-3H3,(H,23,25). The fourth-order valence-electron chi connectivity index (χ4n) is 3.25. The van der Waals surface area contributed by atoms with Crippen molar-refractivity contribution in [1.82, 2.24) is 9.29 Å². The summed E-state index contributed by atoms with van der Waals surface area (Å²) in [6.07, 6.45) is 3.18. The van der Waals surface area contributed by atoms with Gasteiger partial charge < -0.3 is 5.32 Å². The van der Waals surface area contributed by atoms with Crippen LogP contribution in [-0.2, 0) is 14.8 Å². The van der Waals surface area contributed by atoms with E-state index < -0.39 is 10.0 Å². The number of benzene rings is 1. The van der Waals surface area contributed by atoms with E-state index in [0.717, 1.165) is 24.1 Å². The fourth-order valence-corrected chi connectivity index (χ4v) is 5.50. The first kappa shape index (κ1) is 21.8. The Kier molecular flexibility index (Phi) is 6.97. The topological polar surface area (TPSA) is 79.4 Å². The van der Waals surface area contributed by atoms with Crippen LogP contribution in [0.15, 0.2) is 52.5 Å². The molecule has 29 heavy (non-hydrogen) atoms. The molecule has 3 rings (SSSR count). The minimum absolute atomic E-state index is 0.112. The molecule has 0 spiro atoms. The predicted octanol–water partition coefficient (Wildman–Crippen LogP) is 4.11. The van der Waals surface area contributed by atoms with Crippen molar-refractivity contribution < 1.29 is 13.2 Å². The van der Waals surface area contributed by atoms with E-state index in [1.165, 1.54) is 22.3 Å². The Morgan fingerprint density at radius 3 is 2.41 bits per heavy atom. The summed E-state index contributed by atoms with van der Waals surface area (Å²) < 4.78 is 26.7. The molecule has 156 valence electrons. The summed E-state index contributed by atoms with van der Waals surface area (Å²) in [5, 5.41) is 3.24. The second-order valence-corrected chi connectivity index (χ2v) is 10.7. The highest BCUT2D eigenvalue weighted by Crippen LogP contribution is 2.27. The third-order valence-corrected chi connectivity index (χ3v) is 7.85. The molecule has 1 aliphatic heterocycles. The van der Waals surface area contributed by atoms with Crippen LogP contribution in [0.5, 0.6) is 0 Å². The molecule has 0 aliphatic carbocycles. The average Bonchev–Trinajstić information content (AvgIpc) is 3.24. The number of nitrogens with zero attached hydrogens (tertiary/aromatic N) is 2. The van der Waals surface area contributed by atoms with Gasteiger partial charge in [0.05, 0.1) is 10.3 Å². The van der Waals surface area contributed by atoms with E-state index in [4.69, 9.17) is 0 Å². The lowest BCUT2D eigenvalue weighted by molar-refractivity contribution is -0.115. The Bertz CT molecular complexity index is 953. The van der Waals surface area contributed by atoms with Crippen molar-refractivity contribution in [2.24, 2.45) is 0 Å². The molecular formula is C21H27N3O3S2. The van der Waals surface area contributed by atoms with Gasteiger partial charge in [0.2, 0.25) is 15.9 Å². The second-order valence-electron chi connectivity index (χ2n) is 7.43. The largest absolute Gasteiger partial charge is 0.325 e. The molecule has 1 atom stereocenters. The van der Waals surface area contributed by atoms with Gasteiger partial charge in [0.25, 0.3) is 0 Å². The molecule has 8 heteroatoms. The number of sulfonamides is 1. The van der Waals surface area contributed by atoms with Gasteiger partial charge in [0, 0.05) is 25.0 Å². The molecule has 2 heterocycles. The van der Waals surface area contributed by atoms with Crippen molar-refractivity contribution in [2.45, 2.75) is 54.7 Å². The first-order chi connectivity index (χ1) is 13.8. The minimum atomic E-state index is -3.47. The second kappa shape index (κ2) is 9.28. The van der Waals surface area contributed by atoms with Crippen LogP contribution in [0.2, 0.25) is 0 Å². The monoisotopic (exact) mass is 433 g/mol. The van der Waals surface area contributed by atoms with Crippen LogP contribution >= 0.6 is 11.8 Å². The molecule has 1 fully saturated rings. The van der Waals surface area contributed by atoms with Crippen LogP contribution in [-0.4, -0.2) is 42.0 Å². The number of aromatic nitrogens is 1. The van der Waals surface area contributed by atoms with Gasteiger partial charge in [0.1, 0.15) is 4.90 Å². The number of hydrogen-bond acceptors (Lipinski definition) is 5. The van der Waals surface area contributed by atoms with E-state index in [1.807, 2.05) is 31.2 Å². The van der Waals surface area contributed by atoms with E-state index in [1.54, 1.807) is 12.1 Å². The number of nitrogens with one attached hydrogen (secondary N) is 1. The highest BCUT2D eigenvalue weighted by molar-refractivity contribution is 8.00. The Hall–Kier alpha value is -1.90. The fraction of sp³-hybridized carbons (Fsp3) is 0.429. The van der Waals surface area contributed by atoms with Crippen LogP contribution in [0, 0.1) is 0 Å². The number of rotatable bonds is 7. The summed E-state index contributed by atoms with van der Waals surface area (Å²) in [6, 6.07) is 11.0. The summed E-state index contributed by atoms with van der Waals surface area (Å²) in [4.78, 5) is 17.1. The molecule has 0 bridgehead atoms. The average molecular weight is 434 g/mol. The van der Waals surface area contributed by atoms with E-state index in [2.05, 4.69) is 24.1 Å². The number of anilines is 1. The van der Waals surface area contributed by atoms with Crippen LogP contribution in [0.25, 0.3) is 0 Å². The van der Waals surface area contributed by atoms with Gasteiger partial charge in [-0.2, -0.15) is 4.31 Å². The summed E-state index contributed by atoms with van der Waals surface area (Å²) >= 11 is 1.31. The molecule has 6 nitrogen and oxygen atoms in total. The normalized spacial score (nSPS) is 16.1. The highest BCUT2D eigenvalue weighted by Gasteiger charge is 2.27. The van der Waals surface area contributed by atoms with E-state index >= 15 is 0 Å². The molecule has 0 radical (unpaired) electrons.